The van der Waals surface area contributed by atoms with E-state index in [1.807, 2.05) is 6.92 Å². The number of fused-ring (bicyclic) bond motifs is 6. The van der Waals surface area contributed by atoms with Gasteiger partial charge in [0, 0.05) is 11.1 Å². The van der Waals surface area contributed by atoms with Crippen LogP contribution in [0.25, 0.3) is 66.2 Å². The van der Waals surface area contributed by atoms with Crippen LogP contribution >= 0.6 is 0 Å². The van der Waals surface area contributed by atoms with Gasteiger partial charge in [-0.15, -0.1) is 0 Å². The predicted octanol–water partition coefficient (Wildman–Crippen LogP) is 8.95. The standard InChI is InChI=1S/C35H25N3/c1-22-10-3-4-13-27(22)24-11-9-12-25(20-24)34-36-23(2)37-35(38-34)26-18-19-32-30-16-6-5-14-28(30)29-15-7-8-17-31(29)33(32)21-26/h3-21H,1-2H3. The Morgan fingerprint density at radius 2 is 0.921 bits per heavy atom. The van der Waals surface area contributed by atoms with Crippen LogP contribution in [0, 0.1) is 13.8 Å². The second-order valence-corrected chi connectivity index (χ2v) is 9.78. The summed E-state index contributed by atoms with van der Waals surface area (Å²) in [6.45, 7) is 4.07. The fraction of sp³-hybridized carbons (Fsp3) is 0.0571. The molecule has 0 saturated carbocycles. The van der Waals surface area contributed by atoms with E-state index in [9.17, 15) is 0 Å². The smallest absolute Gasteiger partial charge is 0.163 e. The number of aromatic nitrogens is 3. The molecular formula is C35H25N3. The van der Waals surface area contributed by atoms with Crippen molar-refractivity contribution < 1.29 is 0 Å². The zero-order valence-electron chi connectivity index (χ0n) is 21.3. The van der Waals surface area contributed by atoms with Crippen LogP contribution in [0.15, 0.2) is 115 Å². The summed E-state index contributed by atoms with van der Waals surface area (Å²) in [5.74, 6) is 2.08. The Hall–Kier alpha value is -4.89. The molecule has 0 unspecified atom stereocenters. The minimum Gasteiger partial charge on any atom is -0.213 e. The molecule has 3 nitrogen and oxygen atoms in total. The van der Waals surface area contributed by atoms with E-state index in [1.54, 1.807) is 0 Å². The Morgan fingerprint density at radius 3 is 1.58 bits per heavy atom. The molecule has 0 atom stereocenters. The van der Waals surface area contributed by atoms with Crippen LogP contribution in [0.2, 0.25) is 0 Å². The Kier molecular flexibility index (Phi) is 5.22. The highest BCUT2D eigenvalue weighted by molar-refractivity contribution is 6.25. The van der Waals surface area contributed by atoms with Gasteiger partial charge in [-0.05, 0) is 75.0 Å². The summed E-state index contributed by atoms with van der Waals surface area (Å²) in [5.41, 5.74) is 5.58. The molecule has 38 heavy (non-hydrogen) atoms. The maximum absolute atomic E-state index is 4.96. The molecule has 0 fully saturated rings. The third kappa shape index (κ3) is 3.72. The van der Waals surface area contributed by atoms with Crippen LogP contribution in [0.1, 0.15) is 11.4 Å². The summed E-state index contributed by atoms with van der Waals surface area (Å²) in [6.07, 6.45) is 0. The van der Waals surface area contributed by atoms with Crippen LogP contribution in [0.4, 0.5) is 0 Å². The molecule has 6 aromatic carbocycles. The number of hydrogen-bond acceptors (Lipinski definition) is 3. The maximum atomic E-state index is 4.96. The first-order chi connectivity index (χ1) is 18.7. The fourth-order valence-corrected chi connectivity index (χ4v) is 5.51. The van der Waals surface area contributed by atoms with Crippen LogP contribution in [0.3, 0.4) is 0 Å². The molecule has 0 spiro atoms. The van der Waals surface area contributed by atoms with Gasteiger partial charge >= 0.3 is 0 Å². The summed E-state index contributed by atoms with van der Waals surface area (Å²) in [6, 6.07) is 40.7. The normalized spacial score (nSPS) is 11.4. The van der Waals surface area contributed by atoms with Gasteiger partial charge in [0.1, 0.15) is 5.82 Å². The molecule has 7 rings (SSSR count). The van der Waals surface area contributed by atoms with Gasteiger partial charge in [0.2, 0.25) is 0 Å². The lowest BCUT2D eigenvalue weighted by Crippen LogP contribution is -2.00. The molecule has 0 amide bonds. The lowest BCUT2D eigenvalue weighted by Gasteiger charge is -2.12. The Morgan fingerprint density at radius 1 is 0.395 bits per heavy atom. The molecule has 7 aromatic rings. The van der Waals surface area contributed by atoms with E-state index < -0.39 is 0 Å². The van der Waals surface area contributed by atoms with E-state index in [4.69, 9.17) is 15.0 Å². The molecule has 0 aliphatic heterocycles. The van der Waals surface area contributed by atoms with Gasteiger partial charge < -0.3 is 0 Å². The molecule has 0 bridgehead atoms. The van der Waals surface area contributed by atoms with Crippen molar-refractivity contribution in [2.24, 2.45) is 0 Å². The molecular weight excluding hydrogens is 462 g/mol. The molecule has 1 aromatic heterocycles. The second-order valence-electron chi connectivity index (χ2n) is 9.78. The van der Waals surface area contributed by atoms with Gasteiger partial charge in [0.05, 0.1) is 0 Å². The molecule has 0 aliphatic carbocycles. The highest BCUT2D eigenvalue weighted by Crippen LogP contribution is 2.37. The van der Waals surface area contributed by atoms with Crippen LogP contribution in [-0.2, 0) is 0 Å². The van der Waals surface area contributed by atoms with Crippen molar-refractivity contribution in [1.82, 2.24) is 15.0 Å². The summed E-state index contributed by atoms with van der Waals surface area (Å²) < 4.78 is 0. The van der Waals surface area contributed by atoms with E-state index in [0.29, 0.717) is 17.5 Å². The molecule has 0 saturated heterocycles. The van der Waals surface area contributed by atoms with Crippen molar-refractivity contribution in [2.75, 3.05) is 0 Å². The molecule has 0 N–H and O–H groups in total. The predicted molar refractivity (Wildman–Crippen MR) is 158 cm³/mol. The quantitative estimate of drug-likeness (QED) is 0.234. The minimum absolute atomic E-state index is 0.686. The topological polar surface area (TPSA) is 38.7 Å². The van der Waals surface area contributed by atoms with Crippen molar-refractivity contribution in [3.63, 3.8) is 0 Å². The first kappa shape index (κ1) is 22.3. The van der Waals surface area contributed by atoms with Crippen LogP contribution < -0.4 is 0 Å². The van der Waals surface area contributed by atoms with Crippen molar-refractivity contribution in [3.05, 3.63) is 127 Å². The van der Waals surface area contributed by atoms with Gasteiger partial charge in [0.25, 0.3) is 0 Å². The van der Waals surface area contributed by atoms with E-state index in [1.165, 1.54) is 43.4 Å². The van der Waals surface area contributed by atoms with E-state index in [0.717, 1.165) is 16.7 Å². The maximum Gasteiger partial charge on any atom is 0.163 e. The highest BCUT2D eigenvalue weighted by atomic mass is 15.0. The van der Waals surface area contributed by atoms with Gasteiger partial charge in [-0.3, -0.25) is 0 Å². The average molecular weight is 488 g/mol. The fourth-order valence-electron chi connectivity index (χ4n) is 5.51. The number of benzene rings is 6. The number of rotatable bonds is 3. The number of hydrogen-bond donors (Lipinski definition) is 0. The van der Waals surface area contributed by atoms with Crippen molar-refractivity contribution in [2.45, 2.75) is 13.8 Å². The third-order valence-electron chi connectivity index (χ3n) is 7.33. The minimum atomic E-state index is 0.686. The summed E-state index contributed by atoms with van der Waals surface area (Å²) in [4.78, 5) is 14.4. The van der Waals surface area contributed by atoms with E-state index >= 15 is 0 Å². The zero-order valence-corrected chi connectivity index (χ0v) is 21.3. The van der Waals surface area contributed by atoms with Gasteiger partial charge in [0.15, 0.2) is 11.6 Å². The first-order valence-electron chi connectivity index (χ1n) is 12.9. The van der Waals surface area contributed by atoms with E-state index in [2.05, 4.69) is 122 Å². The van der Waals surface area contributed by atoms with Gasteiger partial charge in [-0.25, -0.2) is 15.0 Å². The zero-order chi connectivity index (χ0) is 25.6. The van der Waals surface area contributed by atoms with E-state index in [-0.39, 0.29) is 0 Å². The Balaban J connectivity index is 1.40. The SMILES string of the molecule is Cc1nc(-c2cccc(-c3ccccc3C)c2)nc(-c2ccc3c4ccccc4c4ccccc4c3c2)n1. The summed E-state index contributed by atoms with van der Waals surface area (Å²) >= 11 is 0. The Labute approximate surface area is 221 Å². The molecule has 180 valence electrons. The van der Waals surface area contributed by atoms with Gasteiger partial charge in [-0.1, -0.05) is 103 Å². The van der Waals surface area contributed by atoms with Gasteiger partial charge in [-0.2, -0.15) is 0 Å². The third-order valence-corrected chi connectivity index (χ3v) is 7.33. The lowest BCUT2D eigenvalue weighted by atomic mass is 9.93. The van der Waals surface area contributed by atoms with Crippen LogP contribution in [0.5, 0.6) is 0 Å². The van der Waals surface area contributed by atoms with Crippen molar-refractivity contribution >= 4 is 32.3 Å². The monoisotopic (exact) mass is 487 g/mol. The second kappa shape index (κ2) is 8.89. The molecule has 0 radical (unpaired) electrons. The molecule has 1 heterocycles. The van der Waals surface area contributed by atoms with Crippen molar-refractivity contribution in [3.8, 4) is 33.9 Å². The lowest BCUT2D eigenvalue weighted by molar-refractivity contribution is 0.992. The first-order valence-corrected chi connectivity index (χ1v) is 12.9. The molecule has 0 aliphatic rings. The summed E-state index contributed by atoms with van der Waals surface area (Å²) in [5, 5.41) is 7.47. The highest BCUT2D eigenvalue weighted by Gasteiger charge is 2.13. The number of nitrogens with zero attached hydrogens (tertiary/aromatic N) is 3. The molecule has 3 heteroatoms. The van der Waals surface area contributed by atoms with Crippen molar-refractivity contribution in [1.29, 1.82) is 0 Å². The largest absolute Gasteiger partial charge is 0.213 e. The Bertz CT molecular complexity index is 1970. The number of aryl methyl sites for hydroxylation is 2. The average Bonchev–Trinajstić information content (AvgIpc) is 2.97. The van der Waals surface area contributed by atoms with Crippen LogP contribution in [-0.4, -0.2) is 15.0 Å². The summed E-state index contributed by atoms with van der Waals surface area (Å²) in [7, 11) is 0.